The van der Waals surface area contributed by atoms with E-state index < -0.39 is 17.8 Å². The van der Waals surface area contributed by atoms with Gasteiger partial charge in [0.15, 0.2) is 11.6 Å². The highest BCUT2D eigenvalue weighted by molar-refractivity contribution is 5.96. The molecule has 150 valence electrons. The SMILES string of the molecule is COc1ccc(COC(=O)[C@H](C)NC(=O)c2ccc(C(C)(C)C)cc2)cc1F. The molecule has 0 aromatic heterocycles. The van der Waals surface area contributed by atoms with Crippen molar-refractivity contribution in [2.45, 2.75) is 45.8 Å². The molecule has 5 nitrogen and oxygen atoms in total. The van der Waals surface area contributed by atoms with E-state index >= 15 is 0 Å². The van der Waals surface area contributed by atoms with E-state index in [-0.39, 0.29) is 23.7 Å². The van der Waals surface area contributed by atoms with Crippen molar-refractivity contribution >= 4 is 11.9 Å². The van der Waals surface area contributed by atoms with Crippen LogP contribution < -0.4 is 10.1 Å². The Morgan fingerprint density at radius 3 is 2.29 bits per heavy atom. The highest BCUT2D eigenvalue weighted by Gasteiger charge is 2.19. The van der Waals surface area contributed by atoms with Gasteiger partial charge in [-0.15, -0.1) is 0 Å². The largest absolute Gasteiger partial charge is 0.494 e. The van der Waals surface area contributed by atoms with Crippen LogP contribution in [-0.2, 0) is 21.6 Å². The smallest absolute Gasteiger partial charge is 0.328 e. The first-order valence-corrected chi connectivity index (χ1v) is 9.02. The van der Waals surface area contributed by atoms with E-state index in [0.717, 1.165) is 5.56 Å². The topological polar surface area (TPSA) is 64.6 Å². The number of ether oxygens (including phenoxy) is 2. The Bertz CT molecular complexity index is 841. The highest BCUT2D eigenvalue weighted by atomic mass is 19.1. The molecule has 0 unspecified atom stereocenters. The molecule has 1 atom stereocenters. The lowest BCUT2D eigenvalue weighted by atomic mass is 9.86. The van der Waals surface area contributed by atoms with E-state index in [1.165, 1.54) is 19.2 Å². The summed E-state index contributed by atoms with van der Waals surface area (Å²) in [6.45, 7) is 7.72. The highest BCUT2D eigenvalue weighted by Crippen LogP contribution is 2.22. The van der Waals surface area contributed by atoms with Crippen molar-refractivity contribution in [1.82, 2.24) is 5.32 Å². The number of hydrogen-bond acceptors (Lipinski definition) is 4. The summed E-state index contributed by atoms with van der Waals surface area (Å²) in [6.07, 6.45) is 0. The Hall–Kier alpha value is -2.89. The second-order valence-electron chi connectivity index (χ2n) is 7.60. The third-order valence-corrected chi connectivity index (χ3v) is 4.31. The van der Waals surface area contributed by atoms with Crippen molar-refractivity contribution in [3.05, 3.63) is 65.0 Å². The van der Waals surface area contributed by atoms with Gasteiger partial charge in [-0.05, 0) is 47.7 Å². The van der Waals surface area contributed by atoms with Gasteiger partial charge in [0, 0.05) is 5.56 Å². The average Bonchev–Trinajstić information content (AvgIpc) is 2.65. The van der Waals surface area contributed by atoms with Crippen LogP contribution >= 0.6 is 0 Å². The number of halogens is 1. The number of benzene rings is 2. The van der Waals surface area contributed by atoms with Crippen LogP contribution in [0.2, 0.25) is 0 Å². The van der Waals surface area contributed by atoms with E-state index in [2.05, 4.69) is 26.1 Å². The van der Waals surface area contributed by atoms with Crippen molar-refractivity contribution in [2.24, 2.45) is 0 Å². The van der Waals surface area contributed by atoms with Crippen LogP contribution in [0.5, 0.6) is 5.75 Å². The Morgan fingerprint density at radius 1 is 1.11 bits per heavy atom. The minimum atomic E-state index is -0.835. The number of hydrogen-bond donors (Lipinski definition) is 1. The predicted molar refractivity (Wildman–Crippen MR) is 105 cm³/mol. The van der Waals surface area contributed by atoms with Crippen LogP contribution in [-0.4, -0.2) is 25.0 Å². The van der Waals surface area contributed by atoms with Crippen molar-refractivity contribution < 1.29 is 23.5 Å². The zero-order chi connectivity index (χ0) is 20.9. The molecule has 0 aliphatic rings. The third kappa shape index (κ3) is 5.55. The maximum absolute atomic E-state index is 13.7. The molecular formula is C22H26FNO4. The summed E-state index contributed by atoms with van der Waals surface area (Å²) in [5, 5.41) is 2.61. The molecule has 1 amide bonds. The maximum atomic E-state index is 13.7. The molecule has 6 heteroatoms. The normalized spacial score (nSPS) is 12.2. The Labute approximate surface area is 164 Å². The van der Waals surface area contributed by atoms with Crippen LogP contribution in [0.4, 0.5) is 4.39 Å². The molecule has 2 rings (SSSR count). The molecule has 0 saturated carbocycles. The van der Waals surface area contributed by atoms with Crippen LogP contribution in [0.15, 0.2) is 42.5 Å². The lowest BCUT2D eigenvalue weighted by Gasteiger charge is -2.19. The second kappa shape index (κ2) is 8.87. The van der Waals surface area contributed by atoms with Gasteiger partial charge >= 0.3 is 5.97 Å². The van der Waals surface area contributed by atoms with Gasteiger partial charge in [0.05, 0.1) is 7.11 Å². The van der Waals surface area contributed by atoms with E-state index in [1.807, 2.05) is 12.1 Å². The van der Waals surface area contributed by atoms with Crippen LogP contribution in [0.3, 0.4) is 0 Å². The summed E-state index contributed by atoms with van der Waals surface area (Å²) in [6, 6.07) is 10.7. The van der Waals surface area contributed by atoms with Gasteiger partial charge in [-0.3, -0.25) is 4.79 Å². The molecule has 0 aliphatic heterocycles. The van der Waals surface area contributed by atoms with Gasteiger partial charge in [0.1, 0.15) is 12.6 Å². The molecule has 0 fully saturated rings. The predicted octanol–water partition coefficient (Wildman–Crippen LogP) is 3.99. The fourth-order valence-electron chi connectivity index (χ4n) is 2.54. The van der Waals surface area contributed by atoms with Gasteiger partial charge < -0.3 is 14.8 Å². The number of esters is 1. The lowest BCUT2D eigenvalue weighted by molar-refractivity contribution is -0.146. The van der Waals surface area contributed by atoms with Crippen LogP contribution in [0.25, 0.3) is 0 Å². The van der Waals surface area contributed by atoms with E-state index in [0.29, 0.717) is 11.1 Å². The van der Waals surface area contributed by atoms with Gasteiger partial charge in [-0.2, -0.15) is 0 Å². The summed E-state index contributed by atoms with van der Waals surface area (Å²) in [5.74, 6) is -1.37. The molecule has 0 heterocycles. The fourth-order valence-corrected chi connectivity index (χ4v) is 2.54. The first kappa shape index (κ1) is 21.4. The van der Waals surface area contributed by atoms with Gasteiger partial charge in [0.25, 0.3) is 5.91 Å². The van der Waals surface area contributed by atoms with Crippen molar-refractivity contribution in [3.63, 3.8) is 0 Å². The van der Waals surface area contributed by atoms with Crippen LogP contribution in [0.1, 0.15) is 49.2 Å². The summed E-state index contributed by atoms with van der Waals surface area (Å²) in [5.41, 5.74) is 2.06. The van der Waals surface area contributed by atoms with Gasteiger partial charge in [-0.1, -0.05) is 39.0 Å². The Morgan fingerprint density at radius 2 is 1.75 bits per heavy atom. The number of amides is 1. The second-order valence-corrected chi connectivity index (χ2v) is 7.60. The zero-order valence-corrected chi connectivity index (χ0v) is 16.8. The molecule has 0 aliphatic carbocycles. The van der Waals surface area contributed by atoms with Crippen molar-refractivity contribution in [1.29, 1.82) is 0 Å². The molecule has 2 aromatic carbocycles. The lowest BCUT2D eigenvalue weighted by Crippen LogP contribution is -2.39. The molecule has 0 saturated heterocycles. The van der Waals surface area contributed by atoms with Gasteiger partial charge in [0.2, 0.25) is 0 Å². The summed E-state index contributed by atoms with van der Waals surface area (Å²) in [4.78, 5) is 24.4. The average molecular weight is 387 g/mol. The minimum Gasteiger partial charge on any atom is -0.494 e. The third-order valence-electron chi connectivity index (χ3n) is 4.31. The number of rotatable bonds is 6. The van der Waals surface area contributed by atoms with Crippen molar-refractivity contribution in [2.75, 3.05) is 7.11 Å². The Balaban J connectivity index is 1.91. The Kier molecular flexibility index (Phi) is 6.78. The first-order chi connectivity index (χ1) is 13.1. The minimum absolute atomic E-state index is 0.00691. The van der Waals surface area contributed by atoms with E-state index in [4.69, 9.17) is 9.47 Å². The van der Waals surface area contributed by atoms with Crippen LogP contribution in [0, 0.1) is 5.82 Å². The molecule has 28 heavy (non-hydrogen) atoms. The molecule has 0 spiro atoms. The van der Waals surface area contributed by atoms with Gasteiger partial charge in [-0.25, -0.2) is 9.18 Å². The number of methoxy groups -OCH3 is 1. The first-order valence-electron chi connectivity index (χ1n) is 9.02. The molecule has 2 aromatic rings. The standard InChI is InChI=1S/C22H26FNO4/c1-14(21(26)28-13-15-6-11-19(27-5)18(23)12-15)24-20(25)16-7-9-17(10-8-16)22(2,3)4/h6-12,14H,13H2,1-5H3,(H,24,25)/t14-/m0/s1. The zero-order valence-electron chi connectivity index (χ0n) is 16.8. The fraction of sp³-hybridized carbons (Fsp3) is 0.364. The number of nitrogens with one attached hydrogen (secondary N) is 1. The summed E-state index contributed by atoms with van der Waals surface area (Å²) in [7, 11) is 1.37. The van der Waals surface area contributed by atoms with E-state index in [9.17, 15) is 14.0 Å². The number of carbonyl (C=O) groups excluding carboxylic acids is 2. The quantitative estimate of drug-likeness (QED) is 0.761. The summed E-state index contributed by atoms with van der Waals surface area (Å²) >= 11 is 0. The van der Waals surface area contributed by atoms with E-state index in [1.54, 1.807) is 25.1 Å². The van der Waals surface area contributed by atoms with Crippen molar-refractivity contribution in [3.8, 4) is 5.75 Å². The summed E-state index contributed by atoms with van der Waals surface area (Å²) < 4.78 is 23.7. The molecule has 1 N–H and O–H groups in total. The molecule has 0 radical (unpaired) electrons. The monoisotopic (exact) mass is 387 g/mol. The molecule has 0 bridgehead atoms. The maximum Gasteiger partial charge on any atom is 0.328 e. The number of carbonyl (C=O) groups is 2. The molecular weight excluding hydrogens is 361 g/mol.